The van der Waals surface area contributed by atoms with E-state index in [1.807, 2.05) is 0 Å². The lowest BCUT2D eigenvalue weighted by Crippen LogP contribution is -2.50. The van der Waals surface area contributed by atoms with Gasteiger partial charge in [0.25, 0.3) is 0 Å². The van der Waals surface area contributed by atoms with Gasteiger partial charge in [-0.3, -0.25) is 4.52 Å². The van der Waals surface area contributed by atoms with E-state index in [9.17, 15) is 0 Å². The summed E-state index contributed by atoms with van der Waals surface area (Å²) in [6, 6.07) is 0. The lowest BCUT2D eigenvalue weighted by Gasteiger charge is -2.20. The van der Waals surface area contributed by atoms with Crippen molar-refractivity contribution in [1.82, 2.24) is 0 Å². The van der Waals surface area contributed by atoms with Crippen LogP contribution >= 0.6 is 8.60 Å². The molecule has 1 atom stereocenters. The fourth-order valence-corrected chi connectivity index (χ4v) is 1.03. The molecule has 0 aliphatic carbocycles. The van der Waals surface area contributed by atoms with Gasteiger partial charge in [0.05, 0.1) is 25.4 Å². The highest BCUT2D eigenvalue weighted by Crippen LogP contribution is 2.26. The van der Waals surface area contributed by atoms with Crippen molar-refractivity contribution in [1.29, 1.82) is 0 Å². The quantitative estimate of drug-likeness (QED) is 0.181. The van der Waals surface area contributed by atoms with E-state index in [0.29, 0.717) is 6.61 Å². The van der Waals surface area contributed by atoms with Crippen molar-refractivity contribution in [3.8, 4) is 0 Å². The second kappa shape index (κ2) is 13.1. The maximum atomic E-state index is 8.40. The molecule has 7 N–H and O–H groups in total. The van der Waals surface area contributed by atoms with E-state index < -0.39 is 40.3 Å². The van der Waals surface area contributed by atoms with Gasteiger partial charge in [-0.15, -0.1) is 0 Å². The molecule has 0 aliphatic rings. The molecule has 19 heavy (non-hydrogen) atoms. The van der Waals surface area contributed by atoms with Crippen LogP contribution in [0.3, 0.4) is 0 Å². The minimum Gasteiger partial charge on any atom is -0.394 e. The van der Waals surface area contributed by atoms with Crippen LogP contribution in [0.15, 0.2) is 0 Å². The van der Waals surface area contributed by atoms with E-state index in [1.54, 1.807) is 6.92 Å². The number of hydrogen-bond acceptors (Lipinski definition) is 8. The first-order valence-corrected chi connectivity index (χ1v) is 7.09. The molecule has 9 heteroatoms. The molecule has 0 amide bonds. The van der Waals surface area contributed by atoms with Crippen molar-refractivity contribution in [3.63, 3.8) is 0 Å². The third-order valence-corrected chi connectivity index (χ3v) is 2.52. The topological polar surface area (TPSA) is 146 Å². The van der Waals surface area contributed by atoms with Crippen LogP contribution < -0.4 is 5.73 Å². The molecule has 8 nitrogen and oxygen atoms in total. The van der Waals surface area contributed by atoms with E-state index in [-0.39, 0.29) is 0 Å². The number of nitrogens with two attached hydrogens (primary N) is 1. The summed E-state index contributed by atoms with van der Waals surface area (Å²) in [5, 5.41) is 25.0. The van der Waals surface area contributed by atoms with Gasteiger partial charge in [-0.1, -0.05) is 13.3 Å². The molecule has 0 aromatic heterocycles. The minimum atomic E-state index is -2.29. The molecule has 0 saturated carbocycles. The Kier molecular flexibility index (Phi) is 14.8. The second-order valence-electron chi connectivity index (χ2n) is 3.99. The van der Waals surface area contributed by atoms with Gasteiger partial charge >= 0.3 is 8.60 Å². The van der Waals surface area contributed by atoms with Crippen molar-refractivity contribution >= 4 is 8.60 Å². The lowest BCUT2D eigenvalue weighted by atomic mass is 10.1. The molecule has 0 radical (unpaired) electrons. The number of hydrogen-bond donors (Lipinski definition) is 6. The minimum absolute atomic E-state index is 0.403. The Balaban J connectivity index is 0. The average Bonchev–Trinajstić information content (AvgIpc) is 2.38. The number of ether oxygens (including phenoxy) is 1. The Labute approximate surface area is 114 Å². The second-order valence-corrected chi connectivity index (χ2v) is 4.70. The summed E-state index contributed by atoms with van der Waals surface area (Å²) in [4.78, 5) is 16.8. The van der Waals surface area contributed by atoms with Gasteiger partial charge < -0.3 is 35.6 Å². The van der Waals surface area contributed by atoms with E-state index in [2.05, 4.69) is 11.4 Å². The largest absolute Gasteiger partial charge is 0.394 e. The van der Waals surface area contributed by atoms with Crippen molar-refractivity contribution in [3.05, 3.63) is 0 Å². The summed E-state index contributed by atoms with van der Waals surface area (Å²) in [5.74, 6) is 0. The van der Waals surface area contributed by atoms with Crippen LogP contribution in [0.1, 0.15) is 26.7 Å². The van der Waals surface area contributed by atoms with Crippen molar-refractivity contribution in [2.45, 2.75) is 38.5 Å². The Bertz CT molecular complexity index is 184. The van der Waals surface area contributed by atoms with E-state index in [0.717, 1.165) is 12.8 Å². The number of aliphatic hydroxyl groups is 3. The summed E-state index contributed by atoms with van der Waals surface area (Å²) in [5.41, 5.74) is 3.94. The summed E-state index contributed by atoms with van der Waals surface area (Å²) in [6.45, 7) is 3.08. The molecular formula is C10H26NO7P. The monoisotopic (exact) mass is 303 g/mol. The number of aliphatic hydroxyl groups excluding tert-OH is 3. The van der Waals surface area contributed by atoms with E-state index >= 15 is 0 Å². The Morgan fingerprint density at radius 3 is 1.89 bits per heavy atom. The highest BCUT2D eigenvalue weighted by molar-refractivity contribution is 7.39. The molecule has 1 unspecified atom stereocenters. The van der Waals surface area contributed by atoms with E-state index in [4.69, 9.17) is 35.6 Å². The van der Waals surface area contributed by atoms with Crippen LogP contribution in [-0.4, -0.2) is 63.4 Å². The van der Waals surface area contributed by atoms with Crippen molar-refractivity contribution in [2.75, 3.05) is 26.4 Å². The summed E-state index contributed by atoms with van der Waals surface area (Å²) >= 11 is 0. The summed E-state index contributed by atoms with van der Waals surface area (Å²) < 4.78 is 9.62. The van der Waals surface area contributed by atoms with Crippen LogP contribution in [0, 0.1) is 0 Å². The molecule has 0 aromatic carbocycles. The van der Waals surface area contributed by atoms with Crippen LogP contribution in [0.4, 0.5) is 0 Å². The maximum absolute atomic E-state index is 8.40. The van der Waals surface area contributed by atoms with Gasteiger partial charge in [-0.2, -0.15) is 0 Å². The molecule has 0 rings (SSSR count). The van der Waals surface area contributed by atoms with Crippen LogP contribution in [0.2, 0.25) is 0 Å². The summed E-state index contributed by atoms with van der Waals surface area (Å²) in [6.07, 6.45) is 1.49. The first-order valence-electron chi connectivity index (χ1n) is 5.93. The number of rotatable bonds is 9. The average molecular weight is 303 g/mol. The van der Waals surface area contributed by atoms with Crippen LogP contribution in [0.5, 0.6) is 0 Å². The first-order chi connectivity index (χ1) is 8.85. The zero-order valence-corrected chi connectivity index (χ0v) is 12.3. The molecule has 0 bridgehead atoms. The van der Waals surface area contributed by atoms with Gasteiger partial charge in [0, 0.05) is 6.61 Å². The third kappa shape index (κ3) is 14.3. The first kappa shape index (κ1) is 21.4. The molecule has 0 fully saturated rings. The SMILES string of the molecule is CCCCOC(C)OP(O)O.NC(CO)(CO)CO. The fraction of sp³-hybridized carbons (Fsp3) is 1.00. The summed E-state index contributed by atoms with van der Waals surface area (Å²) in [7, 11) is -2.29. The molecular weight excluding hydrogens is 277 g/mol. The highest BCUT2D eigenvalue weighted by Gasteiger charge is 2.20. The third-order valence-electron chi connectivity index (χ3n) is 2.04. The smallest absolute Gasteiger partial charge is 0.329 e. The normalized spacial score (nSPS) is 13.1. The van der Waals surface area contributed by atoms with E-state index in [1.165, 1.54) is 0 Å². The zero-order chi connectivity index (χ0) is 15.3. The molecule has 0 aromatic rings. The van der Waals surface area contributed by atoms with Gasteiger partial charge in [0.15, 0.2) is 6.29 Å². The molecule has 0 saturated heterocycles. The maximum Gasteiger partial charge on any atom is 0.329 e. The highest BCUT2D eigenvalue weighted by atomic mass is 31.2. The molecule has 0 heterocycles. The van der Waals surface area contributed by atoms with Gasteiger partial charge in [0.2, 0.25) is 0 Å². The Morgan fingerprint density at radius 2 is 1.63 bits per heavy atom. The standard InChI is InChI=1S/C6H15O4P.C4H11NO3/c1-3-4-5-9-6(2)10-11(7)8;5-4(1-6,2-7)3-8/h6-8H,3-5H2,1-2H3;6-8H,1-3,5H2. The Morgan fingerprint density at radius 1 is 1.16 bits per heavy atom. The predicted molar refractivity (Wildman–Crippen MR) is 70.9 cm³/mol. The lowest BCUT2D eigenvalue weighted by molar-refractivity contribution is -0.0723. The number of unbranched alkanes of at least 4 members (excludes halogenated alkanes) is 1. The fourth-order valence-electron chi connectivity index (χ4n) is 0.707. The van der Waals surface area contributed by atoms with Crippen LogP contribution in [-0.2, 0) is 9.26 Å². The van der Waals surface area contributed by atoms with Crippen molar-refractivity contribution in [2.24, 2.45) is 5.73 Å². The zero-order valence-electron chi connectivity index (χ0n) is 11.4. The predicted octanol–water partition coefficient (Wildman–Crippen LogP) is -0.962. The van der Waals surface area contributed by atoms with Gasteiger partial charge in [-0.05, 0) is 13.3 Å². The molecule has 0 spiro atoms. The van der Waals surface area contributed by atoms with Crippen molar-refractivity contribution < 1.29 is 34.4 Å². The van der Waals surface area contributed by atoms with Gasteiger partial charge in [-0.25, -0.2) is 0 Å². The van der Waals surface area contributed by atoms with Crippen LogP contribution in [0.25, 0.3) is 0 Å². The molecule has 0 aliphatic heterocycles. The van der Waals surface area contributed by atoms with Gasteiger partial charge in [0.1, 0.15) is 0 Å². The molecule has 118 valence electrons. The Hall–Kier alpha value is 0.110.